The molecule has 0 unspecified atom stereocenters. The lowest BCUT2D eigenvalue weighted by Crippen LogP contribution is -2.34. The van der Waals surface area contributed by atoms with E-state index in [1.807, 2.05) is 37.3 Å². The van der Waals surface area contributed by atoms with Gasteiger partial charge in [-0.2, -0.15) is 0 Å². The number of carbonyl (C=O) groups is 1. The number of hydrogen-bond donors (Lipinski definition) is 1. The maximum Gasteiger partial charge on any atom is 0.295 e. The van der Waals surface area contributed by atoms with Gasteiger partial charge in [-0.25, -0.2) is 4.68 Å². The molecule has 2 aromatic carbocycles. The van der Waals surface area contributed by atoms with Crippen molar-refractivity contribution in [3.05, 3.63) is 75.7 Å². The monoisotopic (exact) mass is 399 g/mol. The molecular weight excluding hydrogens is 378 g/mol. The van der Waals surface area contributed by atoms with Gasteiger partial charge in [0.25, 0.3) is 11.5 Å². The third kappa shape index (κ3) is 3.97. The minimum absolute atomic E-state index is 0.245. The molecule has 146 valence electrons. The van der Waals surface area contributed by atoms with Crippen molar-refractivity contribution in [3.8, 4) is 11.4 Å². The molecule has 0 saturated carbocycles. The Morgan fingerprint density at radius 3 is 2.39 bits per heavy atom. The second kappa shape index (κ2) is 8.35. The SMILES string of the molecule is CC[C@H](Oc1ccc(Cl)cc1)C(=O)Nc1c(C)n(C)n(-c2ccccc2)c1=O. The summed E-state index contributed by atoms with van der Waals surface area (Å²) in [6, 6.07) is 16.1. The maximum atomic E-state index is 12.9. The van der Waals surface area contributed by atoms with Crippen molar-refractivity contribution >= 4 is 23.2 Å². The van der Waals surface area contributed by atoms with Crippen LogP contribution in [-0.2, 0) is 11.8 Å². The van der Waals surface area contributed by atoms with E-state index in [9.17, 15) is 9.59 Å². The molecule has 28 heavy (non-hydrogen) atoms. The summed E-state index contributed by atoms with van der Waals surface area (Å²) < 4.78 is 9.00. The zero-order chi connectivity index (χ0) is 20.3. The van der Waals surface area contributed by atoms with Crippen LogP contribution in [0.15, 0.2) is 59.4 Å². The van der Waals surface area contributed by atoms with Gasteiger partial charge >= 0.3 is 0 Å². The lowest BCUT2D eigenvalue weighted by Gasteiger charge is -2.17. The minimum atomic E-state index is -0.731. The zero-order valence-corrected chi connectivity index (χ0v) is 16.7. The first-order valence-corrected chi connectivity index (χ1v) is 9.37. The van der Waals surface area contributed by atoms with Gasteiger partial charge in [0.15, 0.2) is 6.10 Å². The standard InChI is InChI=1S/C21H22ClN3O3/c1-4-18(28-17-12-10-15(22)11-13-17)20(26)23-19-14(2)24(3)25(21(19)27)16-8-6-5-7-9-16/h5-13,18H,4H2,1-3H3,(H,23,26)/t18-/m0/s1. The van der Waals surface area contributed by atoms with Crippen LogP contribution in [0.25, 0.3) is 5.69 Å². The molecule has 0 spiro atoms. The molecule has 3 rings (SSSR count). The molecule has 0 aliphatic carbocycles. The number of hydrogen-bond acceptors (Lipinski definition) is 3. The van der Waals surface area contributed by atoms with E-state index in [2.05, 4.69) is 5.32 Å². The second-order valence-electron chi connectivity index (χ2n) is 6.39. The van der Waals surface area contributed by atoms with Gasteiger partial charge in [-0.1, -0.05) is 36.7 Å². The third-order valence-corrected chi connectivity index (χ3v) is 4.81. The van der Waals surface area contributed by atoms with Crippen molar-refractivity contribution in [2.75, 3.05) is 5.32 Å². The number of ether oxygens (including phenoxy) is 1. The lowest BCUT2D eigenvalue weighted by molar-refractivity contribution is -0.122. The van der Waals surface area contributed by atoms with Gasteiger partial charge in [0, 0.05) is 12.1 Å². The molecule has 6 nitrogen and oxygen atoms in total. The number of aromatic nitrogens is 2. The van der Waals surface area contributed by atoms with Gasteiger partial charge in [0.1, 0.15) is 11.4 Å². The summed E-state index contributed by atoms with van der Waals surface area (Å²) in [5.41, 5.74) is 1.34. The topological polar surface area (TPSA) is 65.3 Å². The van der Waals surface area contributed by atoms with Crippen LogP contribution in [-0.4, -0.2) is 21.4 Å². The van der Waals surface area contributed by atoms with Gasteiger partial charge in [0.2, 0.25) is 0 Å². The fourth-order valence-corrected chi connectivity index (χ4v) is 3.04. The van der Waals surface area contributed by atoms with E-state index >= 15 is 0 Å². The van der Waals surface area contributed by atoms with Gasteiger partial charge in [-0.3, -0.25) is 14.3 Å². The molecule has 1 atom stereocenters. The van der Waals surface area contributed by atoms with Crippen LogP contribution >= 0.6 is 11.6 Å². The van der Waals surface area contributed by atoms with Gasteiger partial charge in [-0.05, 0) is 49.7 Å². The molecule has 0 aliphatic heterocycles. The Hall–Kier alpha value is -2.99. The first-order chi connectivity index (χ1) is 13.4. The highest BCUT2D eigenvalue weighted by molar-refractivity contribution is 6.30. The van der Waals surface area contributed by atoms with E-state index in [-0.39, 0.29) is 17.2 Å². The molecule has 1 heterocycles. The zero-order valence-electron chi connectivity index (χ0n) is 16.0. The summed E-state index contributed by atoms with van der Waals surface area (Å²) in [6.07, 6.45) is -0.280. The molecule has 0 aliphatic rings. The highest BCUT2D eigenvalue weighted by Crippen LogP contribution is 2.19. The molecule has 1 amide bonds. The second-order valence-corrected chi connectivity index (χ2v) is 6.83. The Labute approximate surface area is 168 Å². The first kappa shape index (κ1) is 19.8. The van der Waals surface area contributed by atoms with Crippen molar-refractivity contribution in [2.24, 2.45) is 7.05 Å². The average molecular weight is 400 g/mol. The smallest absolute Gasteiger partial charge is 0.295 e. The van der Waals surface area contributed by atoms with E-state index in [1.165, 1.54) is 4.68 Å². The maximum absolute atomic E-state index is 12.9. The van der Waals surface area contributed by atoms with Crippen LogP contribution in [0.5, 0.6) is 5.75 Å². The number of nitrogens with one attached hydrogen (secondary N) is 1. The van der Waals surface area contributed by atoms with Gasteiger partial charge < -0.3 is 10.1 Å². The summed E-state index contributed by atoms with van der Waals surface area (Å²) >= 11 is 5.88. The number of benzene rings is 2. The number of nitrogens with zero attached hydrogens (tertiary/aromatic N) is 2. The van der Waals surface area contributed by atoms with E-state index in [0.29, 0.717) is 22.9 Å². The third-order valence-electron chi connectivity index (χ3n) is 4.56. The van der Waals surface area contributed by atoms with Crippen molar-refractivity contribution in [1.82, 2.24) is 9.36 Å². The number of para-hydroxylation sites is 1. The van der Waals surface area contributed by atoms with Crippen LogP contribution in [0, 0.1) is 6.92 Å². The number of halogens is 1. The summed E-state index contributed by atoms with van der Waals surface area (Å²) in [5, 5.41) is 3.34. The summed E-state index contributed by atoms with van der Waals surface area (Å²) in [5.74, 6) is 0.168. The Morgan fingerprint density at radius 2 is 1.79 bits per heavy atom. The largest absolute Gasteiger partial charge is 0.481 e. The summed E-state index contributed by atoms with van der Waals surface area (Å²) in [6.45, 7) is 3.64. The van der Waals surface area contributed by atoms with Crippen molar-refractivity contribution in [3.63, 3.8) is 0 Å². The summed E-state index contributed by atoms with van der Waals surface area (Å²) in [4.78, 5) is 25.7. The Morgan fingerprint density at radius 1 is 1.14 bits per heavy atom. The van der Waals surface area contributed by atoms with Crippen molar-refractivity contribution in [1.29, 1.82) is 0 Å². The minimum Gasteiger partial charge on any atom is -0.481 e. The number of anilines is 1. The molecule has 3 aromatic rings. The number of amides is 1. The predicted molar refractivity (Wildman–Crippen MR) is 111 cm³/mol. The van der Waals surface area contributed by atoms with Crippen LogP contribution in [0.3, 0.4) is 0 Å². The Bertz CT molecular complexity index is 1020. The average Bonchev–Trinajstić information content (AvgIpc) is 2.91. The van der Waals surface area contributed by atoms with E-state index in [1.54, 1.807) is 42.9 Å². The van der Waals surface area contributed by atoms with Gasteiger partial charge in [-0.15, -0.1) is 0 Å². The van der Waals surface area contributed by atoms with Crippen LogP contribution in [0.2, 0.25) is 5.02 Å². The fourth-order valence-electron chi connectivity index (χ4n) is 2.92. The molecule has 1 aromatic heterocycles. The predicted octanol–water partition coefficient (Wildman–Crippen LogP) is 3.93. The summed E-state index contributed by atoms with van der Waals surface area (Å²) in [7, 11) is 1.78. The van der Waals surface area contributed by atoms with E-state index in [4.69, 9.17) is 16.3 Å². The molecule has 0 fully saturated rings. The fraction of sp³-hybridized carbons (Fsp3) is 0.238. The van der Waals surface area contributed by atoms with Crippen molar-refractivity contribution < 1.29 is 9.53 Å². The van der Waals surface area contributed by atoms with Crippen LogP contribution < -0.4 is 15.6 Å². The highest BCUT2D eigenvalue weighted by Gasteiger charge is 2.23. The molecule has 7 heteroatoms. The van der Waals surface area contributed by atoms with Crippen molar-refractivity contribution in [2.45, 2.75) is 26.4 Å². The highest BCUT2D eigenvalue weighted by atomic mass is 35.5. The normalized spacial score (nSPS) is 11.9. The molecule has 1 N–H and O–H groups in total. The molecule has 0 saturated heterocycles. The molecule has 0 bridgehead atoms. The number of carbonyl (C=O) groups excluding carboxylic acids is 1. The van der Waals surface area contributed by atoms with E-state index < -0.39 is 6.10 Å². The Kier molecular flexibility index (Phi) is 5.90. The number of rotatable bonds is 6. The Balaban J connectivity index is 1.85. The van der Waals surface area contributed by atoms with Crippen LogP contribution in [0.1, 0.15) is 19.0 Å². The lowest BCUT2D eigenvalue weighted by atomic mass is 10.2. The quantitative estimate of drug-likeness (QED) is 0.682. The van der Waals surface area contributed by atoms with Gasteiger partial charge in [0.05, 0.1) is 11.4 Å². The molecule has 0 radical (unpaired) electrons. The molecular formula is C21H22ClN3O3. The van der Waals surface area contributed by atoms with E-state index in [0.717, 1.165) is 5.69 Å². The first-order valence-electron chi connectivity index (χ1n) is 8.99. The van der Waals surface area contributed by atoms with Crippen LogP contribution in [0.4, 0.5) is 5.69 Å².